The van der Waals surface area contributed by atoms with E-state index in [0.29, 0.717) is 0 Å². The Balaban J connectivity index is 2.78. The average Bonchev–Trinajstić information content (AvgIpc) is 2.26. The number of benzene rings is 1. The number of hydrogen-bond donors (Lipinski definition) is 0. The summed E-state index contributed by atoms with van der Waals surface area (Å²) in [6.07, 6.45) is 0.0453. The number of ketones is 1. The highest BCUT2D eigenvalue weighted by Crippen LogP contribution is 2.16. The first-order valence-electron chi connectivity index (χ1n) is 4.51. The number of alkyl halides is 1. The number of carbonyl (C=O) groups is 1. The highest BCUT2D eigenvalue weighted by Gasteiger charge is 2.15. The molecular weight excluding hydrogens is 360 g/mol. The predicted molar refractivity (Wildman–Crippen MR) is 69.6 cm³/mol. The van der Waals surface area contributed by atoms with E-state index in [2.05, 4.69) is 31.9 Å². The van der Waals surface area contributed by atoms with Crippen molar-refractivity contribution in [1.29, 1.82) is 0 Å². The molecule has 3 nitrogen and oxygen atoms in total. The standard InChI is InChI=1S/C10H10Br2O3S/c11-7-9(13)5-6-16(14,15)10-3-1-8(12)2-4-10/h1-4H,5-7H2. The van der Waals surface area contributed by atoms with Crippen LogP contribution >= 0.6 is 31.9 Å². The maximum absolute atomic E-state index is 11.8. The fourth-order valence-electron chi connectivity index (χ4n) is 1.07. The zero-order chi connectivity index (χ0) is 12.2. The highest BCUT2D eigenvalue weighted by atomic mass is 79.9. The van der Waals surface area contributed by atoms with Gasteiger partial charge in [0.2, 0.25) is 0 Å². The van der Waals surface area contributed by atoms with Gasteiger partial charge in [0.05, 0.1) is 16.0 Å². The third-order valence-electron chi connectivity index (χ3n) is 1.97. The summed E-state index contributed by atoms with van der Waals surface area (Å²) in [7, 11) is -3.34. The lowest BCUT2D eigenvalue weighted by atomic mass is 10.3. The Morgan fingerprint density at radius 1 is 1.19 bits per heavy atom. The smallest absolute Gasteiger partial charge is 0.178 e. The summed E-state index contributed by atoms with van der Waals surface area (Å²) >= 11 is 6.23. The van der Waals surface area contributed by atoms with Crippen LogP contribution in [0.5, 0.6) is 0 Å². The molecule has 0 saturated heterocycles. The van der Waals surface area contributed by atoms with Crippen molar-refractivity contribution in [3.63, 3.8) is 0 Å². The van der Waals surface area contributed by atoms with Gasteiger partial charge in [-0.05, 0) is 24.3 Å². The molecule has 0 heterocycles. The second kappa shape index (κ2) is 5.93. The van der Waals surface area contributed by atoms with Gasteiger partial charge in [-0.25, -0.2) is 8.42 Å². The normalized spacial score (nSPS) is 11.4. The first-order chi connectivity index (χ1) is 7.45. The van der Waals surface area contributed by atoms with Crippen molar-refractivity contribution in [1.82, 2.24) is 0 Å². The monoisotopic (exact) mass is 368 g/mol. The van der Waals surface area contributed by atoms with Crippen molar-refractivity contribution in [3.05, 3.63) is 28.7 Å². The van der Waals surface area contributed by atoms with Crippen molar-refractivity contribution in [2.45, 2.75) is 11.3 Å². The van der Waals surface area contributed by atoms with Crippen LogP contribution in [-0.2, 0) is 14.6 Å². The summed E-state index contributed by atoms with van der Waals surface area (Å²) < 4.78 is 24.4. The Labute approximate surface area is 111 Å². The lowest BCUT2D eigenvalue weighted by Crippen LogP contribution is -2.11. The van der Waals surface area contributed by atoms with E-state index in [1.165, 1.54) is 12.1 Å². The molecule has 16 heavy (non-hydrogen) atoms. The SMILES string of the molecule is O=C(CBr)CCS(=O)(=O)c1ccc(Br)cc1. The van der Waals surface area contributed by atoms with Gasteiger partial charge in [-0.15, -0.1) is 0 Å². The third kappa shape index (κ3) is 3.99. The largest absolute Gasteiger partial charge is 0.299 e. The van der Waals surface area contributed by atoms with Gasteiger partial charge in [0, 0.05) is 10.9 Å². The lowest BCUT2D eigenvalue weighted by molar-refractivity contribution is -0.116. The molecule has 0 aliphatic rings. The van der Waals surface area contributed by atoms with Crippen LogP contribution in [0.4, 0.5) is 0 Å². The van der Waals surface area contributed by atoms with Gasteiger partial charge in [0.25, 0.3) is 0 Å². The predicted octanol–water partition coefficient (Wildman–Crippen LogP) is 2.58. The molecule has 0 saturated carbocycles. The summed E-state index contributed by atoms with van der Waals surface area (Å²) in [4.78, 5) is 11.3. The Bertz CT molecular complexity index is 465. The van der Waals surface area contributed by atoms with Gasteiger partial charge in [-0.2, -0.15) is 0 Å². The fraction of sp³-hybridized carbons (Fsp3) is 0.300. The molecule has 0 amide bonds. The first kappa shape index (κ1) is 13.9. The topological polar surface area (TPSA) is 51.2 Å². The molecule has 0 atom stereocenters. The van der Waals surface area contributed by atoms with Crippen molar-refractivity contribution < 1.29 is 13.2 Å². The molecule has 0 aliphatic carbocycles. The maximum Gasteiger partial charge on any atom is 0.178 e. The van der Waals surface area contributed by atoms with Crippen LogP contribution in [0.2, 0.25) is 0 Å². The summed E-state index contributed by atoms with van der Waals surface area (Å²) in [5.74, 6) is -0.250. The molecule has 0 aliphatic heterocycles. The number of rotatable bonds is 5. The van der Waals surface area contributed by atoms with Crippen LogP contribution in [-0.4, -0.2) is 25.3 Å². The Kier molecular flexibility index (Phi) is 5.14. The number of carbonyl (C=O) groups excluding carboxylic acids is 1. The van der Waals surface area contributed by atoms with Gasteiger partial charge >= 0.3 is 0 Å². The summed E-state index contributed by atoms with van der Waals surface area (Å²) in [5.41, 5.74) is 0. The van der Waals surface area contributed by atoms with Gasteiger partial charge in [-0.1, -0.05) is 31.9 Å². The van der Waals surface area contributed by atoms with Crippen molar-refractivity contribution in [2.75, 3.05) is 11.1 Å². The summed E-state index contributed by atoms with van der Waals surface area (Å²) in [5, 5.41) is 0.197. The van der Waals surface area contributed by atoms with E-state index in [1.54, 1.807) is 12.1 Å². The lowest BCUT2D eigenvalue weighted by Gasteiger charge is -2.03. The summed E-state index contributed by atoms with van der Waals surface area (Å²) in [6.45, 7) is 0. The Hall–Kier alpha value is -0.200. The van der Waals surface area contributed by atoms with Gasteiger partial charge in [0.1, 0.15) is 5.78 Å². The van der Waals surface area contributed by atoms with Crippen LogP contribution in [0.15, 0.2) is 33.6 Å². The minimum absolute atomic E-state index is 0.0453. The van der Waals surface area contributed by atoms with Crippen LogP contribution in [0.1, 0.15) is 6.42 Å². The Morgan fingerprint density at radius 3 is 2.25 bits per heavy atom. The minimum Gasteiger partial charge on any atom is -0.299 e. The molecule has 0 unspecified atom stereocenters. The molecule has 6 heteroatoms. The van der Waals surface area contributed by atoms with E-state index in [4.69, 9.17) is 0 Å². The molecule has 0 bridgehead atoms. The number of sulfone groups is 1. The minimum atomic E-state index is -3.34. The number of halogens is 2. The second-order valence-corrected chi connectivity index (χ2v) is 6.78. The second-order valence-electron chi connectivity index (χ2n) is 3.20. The molecule has 0 radical (unpaired) electrons. The van der Waals surface area contributed by atoms with E-state index < -0.39 is 9.84 Å². The van der Waals surface area contributed by atoms with E-state index in [0.717, 1.165) is 4.47 Å². The van der Waals surface area contributed by atoms with Gasteiger partial charge < -0.3 is 0 Å². The number of hydrogen-bond acceptors (Lipinski definition) is 3. The fourth-order valence-corrected chi connectivity index (χ4v) is 2.90. The quantitative estimate of drug-likeness (QED) is 0.749. The molecule has 0 aromatic heterocycles. The number of Topliss-reactive ketones (excluding diaryl/α,β-unsaturated/α-hetero) is 1. The molecule has 1 rings (SSSR count). The van der Waals surface area contributed by atoms with Crippen molar-refractivity contribution >= 4 is 47.5 Å². The average molecular weight is 370 g/mol. The molecule has 0 spiro atoms. The van der Waals surface area contributed by atoms with Gasteiger partial charge in [-0.3, -0.25) is 4.79 Å². The van der Waals surface area contributed by atoms with E-state index in [1.807, 2.05) is 0 Å². The van der Waals surface area contributed by atoms with E-state index in [-0.39, 0.29) is 28.2 Å². The molecule has 1 aromatic rings. The maximum atomic E-state index is 11.8. The highest BCUT2D eigenvalue weighted by molar-refractivity contribution is 9.10. The van der Waals surface area contributed by atoms with Crippen LogP contribution in [0, 0.1) is 0 Å². The van der Waals surface area contributed by atoms with E-state index >= 15 is 0 Å². The molecule has 0 fully saturated rings. The van der Waals surface area contributed by atoms with Gasteiger partial charge in [0.15, 0.2) is 9.84 Å². The zero-order valence-electron chi connectivity index (χ0n) is 8.32. The Morgan fingerprint density at radius 2 is 1.75 bits per heavy atom. The van der Waals surface area contributed by atoms with E-state index in [9.17, 15) is 13.2 Å². The van der Waals surface area contributed by atoms with Crippen molar-refractivity contribution in [3.8, 4) is 0 Å². The molecule has 0 N–H and O–H groups in total. The third-order valence-corrected chi connectivity index (χ3v) is 4.86. The zero-order valence-corrected chi connectivity index (χ0v) is 12.3. The summed E-state index contributed by atoms with van der Waals surface area (Å²) in [6, 6.07) is 6.38. The molecular formula is C10H10Br2O3S. The van der Waals surface area contributed by atoms with Crippen LogP contribution < -0.4 is 0 Å². The van der Waals surface area contributed by atoms with Crippen molar-refractivity contribution in [2.24, 2.45) is 0 Å². The molecule has 1 aromatic carbocycles. The first-order valence-corrected chi connectivity index (χ1v) is 8.08. The van der Waals surface area contributed by atoms with Crippen LogP contribution in [0.3, 0.4) is 0 Å². The molecule has 88 valence electrons. The van der Waals surface area contributed by atoms with Crippen LogP contribution in [0.25, 0.3) is 0 Å².